The summed E-state index contributed by atoms with van der Waals surface area (Å²) in [5.74, 6) is -0.0980. The number of rotatable bonds is 5. The molecule has 3 atom stereocenters. The highest BCUT2D eigenvalue weighted by Gasteiger charge is 2.32. The lowest BCUT2D eigenvalue weighted by atomic mass is 10.0. The van der Waals surface area contributed by atoms with E-state index >= 15 is 0 Å². The van der Waals surface area contributed by atoms with Crippen LogP contribution in [0.5, 0.6) is 0 Å². The molecule has 0 saturated carbocycles. The zero-order valence-electron chi connectivity index (χ0n) is 11.2. The average molecular weight is 244 g/mol. The van der Waals surface area contributed by atoms with Crippen LogP contribution in [-0.2, 0) is 9.53 Å². The molecule has 0 aliphatic carbocycles. The molecule has 1 heterocycles. The molecule has 17 heavy (non-hydrogen) atoms. The van der Waals surface area contributed by atoms with E-state index in [1.54, 1.807) is 6.92 Å². The fraction of sp³-hybridized carbons (Fsp3) is 0.917. The first kappa shape index (κ1) is 14.4. The SMILES string of the molecule is CC1OCCC1C(=O)NCC(C)(O)CN(C)C. The zero-order chi connectivity index (χ0) is 13.1. The van der Waals surface area contributed by atoms with Gasteiger partial charge in [-0.1, -0.05) is 0 Å². The summed E-state index contributed by atoms with van der Waals surface area (Å²) < 4.78 is 5.35. The van der Waals surface area contributed by atoms with Gasteiger partial charge < -0.3 is 20.1 Å². The summed E-state index contributed by atoms with van der Waals surface area (Å²) in [5.41, 5.74) is -0.901. The van der Waals surface area contributed by atoms with Crippen molar-refractivity contribution in [3.63, 3.8) is 0 Å². The Bertz CT molecular complexity index is 266. The Balaban J connectivity index is 2.37. The Kier molecular flexibility index (Phi) is 4.91. The maximum Gasteiger partial charge on any atom is 0.225 e. The van der Waals surface area contributed by atoms with Crippen molar-refractivity contribution >= 4 is 5.91 Å². The molecule has 0 spiro atoms. The molecule has 1 saturated heterocycles. The van der Waals surface area contributed by atoms with Crippen LogP contribution >= 0.6 is 0 Å². The number of amides is 1. The lowest BCUT2D eigenvalue weighted by Crippen LogP contribution is -2.48. The maximum absolute atomic E-state index is 11.9. The first-order valence-corrected chi connectivity index (χ1v) is 6.08. The summed E-state index contributed by atoms with van der Waals surface area (Å²) in [6, 6.07) is 0. The van der Waals surface area contributed by atoms with Crippen molar-refractivity contribution in [1.29, 1.82) is 0 Å². The second kappa shape index (κ2) is 5.80. The van der Waals surface area contributed by atoms with Gasteiger partial charge in [-0.25, -0.2) is 0 Å². The predicted molar refractivity (Wildman–Crippen MR) is 65.7 cm³/mol. The Morgan fingerprint density at radius 1 is 1.59 bits per heavy atom. The zero-order valence-corrected chi connectivity index (χ0v) is 11.2. The van der Waals surface area contributed by atoms with Crippen LogP contribution in [0, 0.1) is 5.92 Å². The highest BCUT2D eigenvalue weighted by Crippen LogP contribution is 2.20. The Morgan fingerprint density at radius 3 is 2.71 bits per heavy atom. The fourth-order valence-corrected chi connectivity index (χ4v) is 2.22. The van der Waals surface area contributed by atoms with Gasteiger partial charge in [0.05, 0.1) is 17.6 Å². The second-order valence-corrected chi connectivity index (χ2v) is 5.42. The number of aliphatic hydroxyl groups is 1. The van der Waals surface area contributed by atoms with Crippen LogP contribution in [0.4, 0.5) is 0 Å². The van der Waals surface area contributed by atoms with E-state index in [1.807, 2.05) is 25.9 Å². The molecule has 0 radical (unpaired) electrons. The maximum atomic E-state index is 11.9. The molecule has 1 fully saturated rings. The van der Waals surface area contributed by atoms with Crippen LogP contribution in [0.15, 0.2) is 0 Å². The van der Waals surface area contributed by atoms with Gasteiger partial charge in [-0.05, 0) is 34.4 Å². The standard InChI is InChI=1S/C12H24N2O3/c1-9-10(5-6-17-9)11(15)13-7-12(2,16)8-14(3)4/h9-10,16H,5-8H2,1-4H3,(H,13,15). The number of nitrogens with one attached hydrogen (secondary N) is 1. The van der Waals surface area contributed by atoms with Crippen molar-refractivity contribution in [3.8, 4) is 0 Å². The fourth-order valence-electron chi connectivity index (χ4n) is 2.22. The van der Waals surface area contributed by atoms with Gasteiger partial charge in [0.25, 0.3) is 0 Å². The molecule has 100 valence electrons. The number of nitrogens with zero attached hydrogens (tertiary/aromatic N) is 1. The molecule has 1 aliphatic rings. The summed E-state index contributed by atoms with van der Waals surface area (Å²) in [4.78, 5) is 13.8. The summed E-state index contributed by atoms with van der Waals surface area (Å²) in [6.07, 6.45) is 0.747. The summed E-state index contributed by atoms with van der Waals surface area (Å²) in [5, 5.41) is 12.9. The Labute approximate surface area is 103 Å². The monoisotopic (exact) mass is 244 g/mol. The van der Waals surface area contributed by atoms with E-state index in [9.17, 15) is 9.90 Å². The van der Waals surface area contributed by atoms with Gasteiger partial charge in [0.1, 0.15) is 0 Å². The third kappa shape index (κ3) is 4.61. The van der Waals surface area contributed by atoms with E-state index in [0.29, 0.717) is 13.2 Å². The van der Waals surface area contributed by atoms with E-state index in [-0.39, 0.29) is 24.5 Å². The quantitative estimate of drug-likeness (QED) is 0.705. The minimum absolute atomic E-state index is 0.0194. The van der Waals surface area contributed by atoms with Gasteiger partial charge in [0, 0.05) is 19.7 Å². The lowest BCUT2D eigenvalue weighted by Gasteiger charge is -2.27. The van der Waals surface area contributed by atoms with Crippen molar-refractivity contribution in [2.75, 3.05) is 33.8 Å². The molecule has 1 rings (SSSR count). The van der Waals surface area contributed by atoms with Gasteiger partial charge in [-0.3, -0.25) is 4.79 Å². The molecule has 1 amide bonds. The number of hydrogen-bond acceptors (Lipinski definition) is 4. The Morgan fingerprint density at radius 2 is 2.24 bits per heavy atom. The van der Waals surface area contributed by atoms with Gasteiger partial charge in [0.2, 0.25) is 5.91 Å². The van der Waals surface area contributed by atoms with Crippen molar-refractivity contribution in [1.82, 2.24) is 10.2 Å². The van der Waals surface area contributed by atoms with Crippen molar-refractivity contribution in [2.24, 2.45) is 5.92 Å². The molecule has 0 aromatic rings. The second-order valence-electron chi connectivity index (χ2n) is 5.42. The first-order valence-electron chi connectivity index (χ1n) is 6.08. The lowest BCUT2D eigenvalue weighted by molar-refractivity contribution is -0.127. The number of likely N-dealkylation sites (N-methyl/N-ethyl adjacent to an activating group) is 1. The molecule has 3 unspecified atom stereocenters. The summed E-state index contributed by atoms with van der Waals surface area (Å²) >= 11 is 0. The molecule has 0 aromatic heterocycles. The molecule has 0 bridgehead atoms. The summed E-state index contributed by atoms with van der Waals surface area (Å²) in [7, 11) is 3.78. The van der Waals surface area contributed by atoms with Crippen LogP contribution in [-0.4, -0.2) is 61.4 Å². The van der Waals surface area contributed by atoms with Crippen molar-refractivity contribution < 1.29 is 14.6 Å². The van der Waals surface area contributed by atoms with Gasteiger partial charge in [-0.2, -0.15) is 0 Å². The number of hydrogen-bond donors (Lipinski definition) is 2. The number of carbonyl (C=O) groups excluding carboxylic acids is 1. The molecule has 1 aliphatic heterocycles. The molecule has 0 aromatic carbocycles. The van der Waals surface area contributed by atoms with Crippen LogP contribution in [0.1, 0.15) is 20.3 Å². The minimum atomic E-state index is -0.901. The largest absolute Gasteiger partial charge is 0.387 e. The topological polar surface area (TPSA) is 61.8 Å². The van der Waals surface area contributed by atoms with E-state index in [4.69, 9.17) is 4.74 Å². The highest BCUT2D eigenvalue weighted by atomic mass is 16.5. The normalized spacial score (nSPS) is 28.1. The molecule has 5 heteroatoms. The number of carbonyl (C=O) groups is 1. The van der Waals surface area contributed by atoms with Crippen LogP contribution in [0.25, 0.3) is 0 Å². The van der Waals surface area contributed by atoms with Crippen LogP contribution in [0.2, 0.25) is 0 Å². The average Bonchev–Trinajstić information content (AvgIpc) is 2.59. The smallest absolute Gasteiger partial charge is 0.225 e. The van der Waals surface area contributed by atoms with Gasteiger partial charge in [0.15, 0.2) is 0 Å². The molecular formula is C12H24N2O3. The molecule has 5 nitrogen and oxygen atoms in total. The van der Waals surface area contributed by atoms with Crippen LogP contribution < -0.4 is 5.32 Å². The third-order valence-electron chi connectivity index (χ3n) is 3.01. The van der Waals surface area contributed by atoms with Crippen LogP contribution in [0.3, 0.4) is 0 Å². The minimum Gasteiger partial charge on any atom is -0.387 e. The predicted octanol–water partition coefficient (Wildman–Crippen LogP) is -0.160. The highest BCUT2D eigenvalue weighted by molar-refractivity contribution is 5.79. The van der Waals surface area contributed by atoms with Crippen molar-refractivity contribution in [3.05, 3.63) is 0 Å². The first-order chi connectivity index (χ1) is 7.82. The van der Waals surface area contributed by atoms with Gasteiger partial charge in [-0.15, -0.1) is 0 Å². The number of ether oxygens (including phenoxy) is 1. The van der Waals surface area contributed by atoms with Gasteiger partial charge >= 0.3 is 0 Å². The van der Waals surface area contributed by atoms with E-state index in [1.165, 1.54) is 0 Å². The molecule has 2 N–H and O–H groups in total. The Hall–Kier alpha value is -0.650. The van der Waals surface area contributed by atoms with Crippen molar-refractivity contribution in [2.45, 2.75) is 32.0 Å². The van der Waals surface area contributed by atoms with E-state index < -0.39 is 5.60 Å². The van der Waals surface area contributed by atoms with E-state index in [0.717, 1.165) is 6.42 Å². The third-order valence-corrected chi connectivity index (χ3v) is 3.01. The molecular weight excluding hydrogens is 220 g/mol. The summed E-state index contributed by atoms with van der Waals surface area (Å²) in [6.45, 7) is 5.07. The van der Waals surface area contributed by atoms with E-state index in [2.05, 4.69) is 5.32 Å².